The number of amides is 1. The number of nitrogens with zero attached hydrogens (tertiary/aromatic N) is 2. The summed E-state index contributed by atoms with van der Waals surface area (Å²) in [4.78, 5) is 11.4. The summed E-state index contributed by atoms with van der Waals surface area (Å²) in [6.07, 6.45) is 0. The number of halogens is 2. The van der Waals surface area contributed by atoms with Gasteiger partial charge in [0.25, 0.3) is 0 Å². The highest BCUT2D eigenvalue weighted by Gasteiger charge is 2.19. The summed E-state index contributed by atoms with van der Waals surface area (Å²) in [6, 6.07) is -0.303. The van der Waals surface area contributed by atoms with Gasteiger partial charge < -0.3 is 5.32 Å². The fourth-order valence-corrected chi connectivity index (χ4v) is 1.88. The average molecular weight is 325 g/mol. The van der Waals surface area contributed by atoms with Crippen LogP contribution in [0.2, 0.25) is 0 Å². The number of carbonyl (C=O) groups is 1. The molecule has 1 heterocycles. The van der Waals surface area contributed by atoms with E-state index in [0.29, 0.717) is 4.60 Å². The zero-order valence-electron chi connectivity index (χ0n) is 8.14. The number of nitrogens with one attached hydrogen (secondary N) is 1. The van der Waals surface area contributed by atoms with Gasteiger partial charge >= 0.3 is 0 Å². The summed E-state index contributed by atoms with van der Waals surface area (Å²) in [7, 11) is 1.61. The van der Waals surface area contributed by atoms with Crippen LogP contribution in [0.5, 0.6) is 0 Å². The molecule has 0 saturated heterocycles. The Morgan fingerprint density at radius 2 is 2.14 bits per heavy atom. The van der Waals surface area contributed by atoms with E-state index >= 15 is 0 Å². The summed E-state index contributed by atoms with van der Waals surface area (Å²) in [5.74, 6) is -0.0596. The first-order valence-corrected chi connectivity index (χ1v) is 5.69. The van der Waals surface area contributed by atoms with E-state index in [9.17, 15) is 4.79 Å². The van der Waals surface area contributed by atoms with Crippen LogP contribution < -0.4 is 5.32 Å². The van der Waals surface area contributed by atoms with Crippen molar-refractivity contribution in [3.63, 3.8) is 0 Å². The van der Waals surface area contributed by atoms with E-state index in [4.69, 9.17) is 0 Å². The van der Waals surface area contributed by atoms with E-state index in [1.807, 2.05) is 6.92 Å². The van der Waals surface area contributed by atoms with Gasteiger partial charge in [0.15, 0.2) is 0 Å². The maximum Gasteiger partial charge on any atom is 0.244 e. The van der Waals surface area contributed by atoms with Gasteiger partial charge in [-0.15, -0.1) is 0 Å². The smallest absolute Gasteiger partial charge is 0.244 e. The van der Waals surface area contributed by atoms with Crippen LogP contribution >= 0.6 is 31.9 Å². The lowest BCUT2D eigenvalue weighted by molar-refractivity contribution is -0.123. The minimum Gasteiger partial charge on any atom is -0.357 e. The molecule has 0 fully saturated rings. The van der Waals surface area contributed by atoms with Crippen LogP contribution in [-0.2, 0) is 4.79 Å². The van der Waals surface area contributed by atoms with Crippen molar-refractivity contribution in [3.8, 4) is 0 Å². The van der Waals surface area contributed by atoms with Crippen LogP contribution in [0.1, 0.15) is 18.7 Å². The fourth-order valence-electron chi connectivity index (χ4n) is 1.16. The normalized spacial score (nSPS) is 12.6. The molecule has 1 aromatic rings. The van der Waals surface area contributed by atoms with E-state index in [0.717, 1.165) is 10.2 Å². The Balaban J connectivity index is 3.07. The molecule has 0 aliphatic rings. The van der Waals surface area contributed by atoms with E-state index in [-0.39, 0.29) is 11.9 Å². The first-order chi connectivity index (χ1) is 6.49. The summed E-state index contributed by atoms with van der Waals surface area (Å²) in [5.41, 5.74) is 0.924. The first-order valence-electron chi connectivity index (χ1n) is 4.10. The molecule has 0 aromatic carbocycles. The molecular weight excluding hydrogens is 314 g/mol. The number of hydrogen-bond acceptors (Lipinski definition) is 2. The van der Waals surface area contributed by atoms with Crippen molar-refractivity contribution >= 4 is 37.8 Å². The standard InChI is InChI=1S/C8H11Br2N3O/c1-4-6(9)7(10)12-13(4)5(2)8(14)11-3/h5H,1-3H3,(H,11,14). The van der Waals surface area contributed by atoms with E-state index < -0.39 is 0 Å². The Morgan fingerprint density at radius 1 is 1.57 bits per heavy atom. The zero-order chi connectivity index (χ0) is 10.9. The third-order valence-corrected chi connectivity index (χ3v) is 4.07. The van der Waals surface area contributed by atoms with E-state index in [2.05, 4.69) is 42.3 Å². The maximum atomic E-state index is 11.4. The lowest BCUT2D eigenvalue weighted by atomic mass is 10.3. The summed E-state index contributed by atoms with van der Waals surface area (Å²) in [6.45, 7) is 3.71. The van der Waals surface area contributed by atoms with Crippen molar-refractivity contribution < 1.29 is 4.79 Å². The monoisotopic (exact) mass is 323 g/mol. The van der Waals surface area contributed by atoms with Gasteiger partial charge in [0, 0.05) is 7.05 Å². The second-order valence-electron chi connectivity index (χ2n) is 2.92. The third-order valence-electron chi connectivity index (χ3n) is 2.03. The molecule has 0 saturated carbocycles. The lowest BCUT2D eigenvalue weighted by Crippen LogP contribution is -2.28. The summed E-state index contributed by atoms with van der Waals surface area (Å²) in [5, 5.41) is 6.79. The Hall–Kier alpha value is -0.360. The third kappa shape index (κ3) is 2.00. The number of hydrogen-bond donors (Lipinski definition) is 1. The predicted octanol–water partition coefficient (Wildman–Crippen LogP) is 2.02. The molecule has 0 bridgehead atoms. The van der Waals surface area contributed by atoms with Gasteiger partial charge in [0.2, 0.25) is 5.91 Å². The minimum absolute atomic E-state index is 0.0596. The Labute approximate surface area is 99.3 Å². The highest BCUT2D eigenvalue weighted by molar-refractivity contribution is 9.13. The van der Waals surface area contributed by atoms with Crippen LogP contribution in [0, 0.1) is 6.92 Å². The Bertz CT molecular complexity index is 362. The zero-order valence-corrected chi connectivity index (χ0v) is 11.3. The maximum absolute atomic E-state index is 11.4. The molecule has 0 aliphatic heterocycles. The molecule has 0 aliphatic carbocycles. The average Bonchev–Trinajstić information content (AvgIpc) is 2.43. The van der Waals surface area contributed by atoms with Crippen LogP contribution in [0.15, 0.2) is 9.08 Å². The van der Waals surface area contributed by atoms with Crippen molar-refractivity contribution in [2.45, 2.75) is 19.9 Å². The summed E-state index contributed by atoms with van der Waals surface area (Å²) >= 11 is 6.67. The van der Waals surface area contributed by atoms with Crippen molar-refractivity contribution in [1.82, 2.24) is 15.1 Å². The Morgan fingerprint density at radius 3 is 2.50 bits per heavy atom. The lowest BCUT2D eigenvalue weighted by Gasteiger charge is -2.12. The molecule has 0 spiro atoms. The molecule has 1 atom stereocenters. The van der Waals surface area contributed by atoms with E-state index in [1.165, 1.54) is 0 Å². The van der Waals surface area contributed by atoms with Gasteiger partial charge in [0.1, 0.15) is 10.6 Å². The van der Waals surface area contributed by atoms with Crippen molar-refractivity contribution in [1.29, 1.82) is 0 Å². The Kier molecular flexibility index (Phi) is 3.71. The molecular formula is C8H11Br2N3O. The molecule has 1 unspecified atom stereocenters. The fraction of sp³-hybridized carbons (Fsp3) is 0.500. The van der Waals surface area contributed by atoms with Gasteiger partial charge in [-0.1, -0.05) is 0 Å². The van der Waals surface area contributed by atoms with Gasteiger partial charge in [-0.25, -0.2) is 0 Å². The number of likely N-dealkylation sites (N-methyl/N-ethyl adjacent to an activating group) is 1. The van der Waals surface area contributed by atoms with Crippen molar-refractivity contribution in [2.75, 3.05) is 7.05 Å². The van der Waals surface area contributed by atoms with Crippen molar-refractivity contribution in [3.05, 3.63) is 14.8 Å². The molecule has 0 radical (unpaired) electrons. The number of rotatable bonds is 2. The first kappa shape index (κ1) is 11.7. The number of aromatic nitrogens is 2. The highest BCUT2D eigenvalue weighted by atomic mass is 79.9. The largest absolute Gasteiger partial charge is 0.357 e. The topological polar surface area (TPSA) is 46.9 Å². The van der Waals surface area contributed by atoms with E-state index in [1.54, 1.807) is 18.7 Å². The molecule has 4 nitrogen and oxygen atoms in total. The van der Waals surface area contributed by atoms with Crippen LogP contribution in [0.4, 0.5) is 0 Å². The predicted molar refractivity (Wildman–Crippen MR) is 61.1 cm³/mol. The van der Waals surface area contributed by atoms with Crippen LogP contribution in [0.3, 0.4) is 0 Å². The quantitative estimate of drug-likeness (QED) is 0.904. The van der Waals surface area contributed by atoms with Crippen LogP contribution in [0.25, 0.3) is 0 Å². The number of carbonyl (C=O) groups excluding carboxylic acids is 1. The van der Waals surface area contributed by atoms with Gasteiger partial charge in [0.05, 0.1) is 10.2 Å². The molecule has 78 valence electrons. The van der Waals surface area contributed by atoms with Crippen molar-refractivity contribution in [2.24, 2.45) is 0 Å². The second-order valence-corrected chi connectivity index (χ2v) is 4.47. The van der Waals surface area contributed by atoms with Gasteiger partial charge in [-0.3, -0.25) is 9.48 Å². The molecule has 1 amide bonds. The van der Waals surface area contributed by atoms with Crippen LogP contribution in [-0.4, -0.2) is 22.7 Å². The second kappa shape index (κ2) is 4.44. The molecule has 6 heteroatoms. The molecule has 1 rings (SSSR count). The van der Waals surface area contributed by atoms with Gasteiger partial charge in [-0.2, -0.15) is 5.10 Å². The minimum atomic E-state index is -0.303. The molecule has 14 heavy (non-hydrogen) atoms. The summed E-state index contributed by atoms with van der Waals surface area (Å²) < 4.78 is 3.27. The molecule has 1 aromatic heterocycles. The highest BCUT2D eigenvalue weighted by Crippen LogP contribution is 2.27. The van der Waals surface area contributed by atoms with Gasteiger partial charge in [-0.05, 0) is 45.7 Å². The SMILES string of the molecule is CNC(=O)C(C)n1nc(Br)c(Br)c1C. The molecule has 1 N–H and O–H groups in total.